The third kappa shape index (κ3) is 16.2. The highest BCUT2D eigenvalue weighted by molar-refractivity contribution is 5.86. The molecule has 2 rings (SSSR count). The van der Waals surface area contributed by atoms with Gasteiger partial charge in [-0.2, -0.15) is 0 Å². The third-order valence-electron chi connectivity index (χ3n) is 4.23. The van der Waals surface area contributed by atoms with Crippen LogP contribution in [0.4, 0.5) is 5.69 Å². The predicted molar refractivity (Wildman–Crippen MR) is 141 cm³/mol. The average molecular weight is 430 g/mol. The lowest BCUT2D eigenvalue weighted by Crippen LogP contribution is -2.37. The molecule has 1 heterocycles. The zero-order chi connectivity index (χ0) is 24.1. The predicted octanol–water partition coefficient (Wildman–Crippen LogP) is 6.87. The van der Waals surface area contributed by atoms with Gasteiger partial charge in [-0.15, -0.1) is 0 Å². The summed E-state index contributed by atoms with van der Waals surface area (Å²) in [5.74, 6) is 0. The van der Waals surface area contributed by atoms with Gasteiger partial charge in [0.1, 0.15) is 0 Å². The van der Waals surface area contributed by atoms with Crippen LogP contribution in [0.1, 0.15) is 59.1 Å². The zero-order valence-corrected chi connectivity index (χ0v) is 21.2. The molecule has 2 N–H and O–H groups in total. The van der Waals surface area contributed by atoms with Crippen LogP contribution in [0.2, 0.25) is 0 Å². The van der Waals surface area contributed by atoms with E-state index in [1.54, 1.807) is 0 Å². The van der Waals surface area contributed by atoms with Gasteiger partial charge in [-0.3, -0.25) is 4.90 Å². The Labute approximate surface area is 192 Å². The van der Waals surface area contributed by atoms with E-state index < -0.39 is 0 Å². The van der Waals surface area contributed by atoms with Crippen molar-refractivity contribution in [3.63, 3.8) is 0 Å². The van der Waals surface area contributed by atoms with Crippen LogP contribution in [-0.2, 0) is 4.74 Å². The molecule has 1 aliphatic heterocycles. The van der Waals surface area contributed by atoms with Gasteiger partial charge in [0.25, 0.3) is 0 Å². The minimum atomic E-state index is 0.864. The number of aryl methyl sites for hydroxylation is 1. The monoisotopic (exact) mass is 429 g/mol. The molecule has 1 fully saturated rings. The summed E-state index contributed by atoms with van der Waals surface area (Å²) < 4.78 is 5.33. The third-order valence-corrected chi connectivity index (χ3v) is 4.23. The van der Waals surface area contributed by atoms with Crippen molar-refractivity contribution >= 4 is 11.9 Å². The number of rotatable bonds is 8. The molecule has 0 unspecified atom stereocenters. The molecule has 1 aromatic carbocycles. The number of hydrogen-bond donors (Lipinski definition) is 2. The van der Waals surface area contributed by atoms with Gasteiger partial charge in [-0.05, 0) is 45.9 Å². The normalized spacial score (nSPS) is 13.2. The van der Waals surface area contributed by atoms with Crippen molar-refractivity contribution in [3.8, 4) is 0 Å². The molecule has 1 aliphatic rings. The molecule has 1 aromatic rings. The fourth-order valence-electron chi connectivity index (χ4n) is 2.76. The number of benzene rings is 1. The quantitative estimate of drug-likeness (QED) is 0.269. The van der Waals surface area contributed by atoms with Crippen LogP contribution >= 0.6 is 0 Å². The standard InChI is InChI=1S/C15H23N3O.C8H12.2C2H6/c1-13-3-4-15(14(11-13)12-16)17-5-2-6-18-7-9-19-10-8-18;1-5-8(4)6-7(2)3;2*1-2/h3-4,11-12,16-17H,2,5-10H2,1H3;5-6H,1-2H2,3-4H3;2*1-2H3/b;8-6+;;. The van der Waals surface area contributed by atoms with Crippen molar-refractivity contribution in [1.82, 2.24) is 4.90 Å². The molecule has 0 radical (unpaired) electrons. The summed E-state index contributed by atoms with van der Waals surface area (Å²) >= 11 is 0. The van der Waals surface area contributed by atoms with Crippen molar-refractivity contribution in [1.29, 1.82) is 5.41 Å². The maximum absolute atomic E-state index is 7.43. The number of ether oxygens (including phenoxy) is 1. The summed E-state index contributed by atoms with van der Waals surface area (Å²) in [6.45, 7) is 27.2. The van der Waals surface area contributed by atoms with E-state index in [0.717, 1.165) is 68.2 Å². The maximum Gasteiger partial charge on any atom is 0.0594 e. The van der Waals surface area contributed by atoms with Gasteiger partial charge in [0, 0.05) is 37.1 Å². The summed E-state index contributed by atoms with van der Waals surface area (Å²) in [4.78, 5) is 2.44. The van der Waals surface area contributed by atoms with Crippen LogP contribution in [-0.4, -0.2) is 50.5 Å². The first-order valence-corrected chi connectivity index (χ1v) is 11.6. The summed E-state index contributed by atoms with van der Waals surface area (Å²) in [6, 6.07) is 6.18. The lowest BCUT2D eigenvalue weighted by Gasteiger charge is -2.26. The summed E-state index contributed by atoms with van der Waals surface area (Å²) in [7, 11) is 0. The lowest BCUT2D eigenvalue weighted by atomic mass is 10.1. The summed E-state index contributed by atoms with van der Waals surface area (Å²) in [5.41, 5.74) is 5.45. The van der Waals surface area contributed by atoms with E-state index in [1.165, 1.54) is 11.8 Å². The SMILES string of the molecule is C=C/C(C)=C/C(=C)C.CC.CC.Cc1ccc(NCCCN2CCOCC2)c(C=N)c1. The van der Waals surface area contributed by atoms with Crippen molar-refractivity contribution < 1.29 is 4.74 Å². The highest BCUT2D eigenvalue weighted by Crippen LogP contribution is 2.15. The minimum Gasteiger partial charge on any atom is -0.384 e. The Morgan fingerprint density at radius 2 is 1.77 bits per heavy atom. The smallest absolute Gasteiger partial charge is 0.0594 e. The molecular formula is C27H47N3O. The summed E-state index contributed by atoms with van der Waals surface area (Å²) in [6.07, 6.45) is 6.34. The van der Waals surface area contributed by atoms with E-state index in [-0.39, 0.29) is 0 Å². The Morgan fingerprint density at radius 1 is 1.16 bits per heavy atom. The molecule has 0 amide bonds. The molecule has 0 saturated carbocycles. The Balaban J connectivity index is 0. The molecule has 31 heavy (non-hydrogen) atoms. The van der Waals surface area contributed by atoms with E-state index in [1.807, 2.05) is 59.8 Å². The Morgan fingerprint density at radius 3 is 2.26 bits per heavy atom. The fourth-order valence-corrected chi connectivity index (χ4v) is 2.76. The molecular weight excluding hydrogens is 382 g/mol. The molecule has 0 bridgehead atoms. The molecule has 4 nitrogen and oxygen atoms in total. The lowest BCUT2D eigenvalue weighted by molar-refractivity contribution is 0.0378. The first-order valence-electron chi connectivity index (χ1n) is 11.6. The Hall–Kier alpha value is -2.17. The van der Waals surface area contributed by atoms with Crippen LogP contribution in [0.5, 0.6) is 0 Å². The van der Waals surface area contributed by atoms with Crippen molar-refractivity contribution in [2.75, 3.05) is 44.7 Å². The number of allylic oxidation sites excluding steroid dienone is 4. The van der Waals surface area contributed by atoms with E-state index in [0.29, 0.717) is 0 Å². The van der Waals surface area contributed by atoms with Crippen LogP contribution in [0.25, 0.3) is 0 Å². The molecule has 0 atom stereocenters. The van der Waals surface area contributed by atoms with Crippen LogP contribution in [0.15, 0.2) is 54.7 Å². The summed E-state index contributed by atoms with van der Waals surface area (Å²) in [5, 5.41) is 10.9. The fraction of sp³-hybridized carbons (Fsp3) is 0.519. The zero-order valence-electron chi connectivity index (χ0n) is 21.2. The van der Waals surface area contributed by atoms with Gasteiger partial charge >= 0.3 is 0 Å². The van der Waals surface area contributed by atoms with Gasteiger partial charge in [-0.1, -0.05) is 75.8 Å². The van der Waals surface area contributed by atoms with Gasteiger partial charge in [0.2, 0.25) is 0 Å². The number of anilines is 1. The van der Waals surface area contributed by atoms with E-state index in [2.05, 4.69) is 42.4 Å². The van der Waals surface area contributed by atoms with Crippen LogP contribution in [0, 0.1) is 12.3 Å². The molecule has 0 aromatic heterocycles. The number of nitrogens with one attached hydrogen (secondary N) is 2. The molecule has 0 spiro atoms. The van der Waals surface area contributed by atoms with Gasteiger partial charge in [0.05, 0.1) is 13.2 Å². The topological polar surface area (TPSA) is 48.4 Å². The molecule has 4 heteroatoms. The second-order valence-electron chi connectivity index (χ2n) is 6.91. The van der Waals surface area contributed by atoms with E-state index in [4.69, 9.17) is 10.1 Å². The molecule has 0 aliphatic carbocycles. The van der Waals surface area contributed by atoms with E-state index in [9.17, 15) is 0 Å². The van der Waals surface area contributed by atoms with Crippen molar-refractivity contribution in [3.05, 3.63) is 65.8 Å². The second kappa shape index (κ2) is 21.1. The molecule has 1 saturated heterocycles. The average Bonchev–Trinajstić information content (AvgIpc) is 2.80. The van der Waals surface area contributed by atoms with Gasteiger partial charge in [0.15, 0.2) is 0 Å². The minimum absolute atomic E-state index is 0.864. The second-order valence-corrected chi connectivity index (χ2v) is 6.91. The van der Waals surface area contributed by atoms with Crippen molar-refractivity contribution in [2.24, 2.45) is 0 Å². The largest absolute Gasteiger partial charge is 0.384 e. The number of morpholine rings is 1. The Kier molecular flexibility index (Phi) is 21.1. The number of hydrogen-bond acceptors (Lipinski definition) is 4. The van der Waals surface area contributed by atoms with Crippen molar-refractivity contribution in [2.45, 2.75) is 54.9 Å². The highest BCUT2D eigenvalue weighted by Gasteiger charge is 2.09. The van der Waals surface area contributed by atoms with Gasteiger partial charge < -0.3 is 15.5 Å². The van der Waals surface area contributed by atoms with E-state index >= 15 is 0 Å². The van der Waals surface area contributed by atoms with Gasteiger partial charge in [-0.25, -0.2) is 0 Å². The highest BCUT2D eigenvalue weighted by atomic mass is 16.5. The Bertz CT molecular complexity index is 644. The maximum atomic E-state index is 7.43. The van der Waals surface area contributed by atoms with Crippen LogP contribution < -0.4 is 5.32 Å². The molecule has 176 valence electrons. The van der Waals surface area contributed by atoms with Crippen LogP contribution in [0.3, 0.4) is 0 Å². The first kappa shape index (κ1) is 31.0. The number of nitrogens with zero attached hydrogens (tertiary/aromatic N) is 1. The first-order chi connectivity index (χ1) is 15.0.